The Morgan fingerprint density at radius 2 is 2.08 bits per heavy atom. The van der Waals surface area contributed by atoms with Gasteiger partial charge in [0.05, 0.1) is 6.10 Å². The predicted octanol–water partition coefficient (Wildman–Crippen LogP) is 1.93. The van der Waals surface area contributed by atoms with Crippen LogP contribution in [0.15, 0.2) is 6.07 Å². The molecule has 1 aromatic heterocycles. The Hall–Kier alpha value is -2.05. The summed E-state index contributed by atoms with van der Waals surface area (Å²) in [7, 11) is 1.95. The Balaban J connectivity index is 2.06. The SMILES string of the molecule is CC(C)Oc1cc(N(C)C[C@@H]2CC(=O)N(C(C)(C)C)C2)nc(N)n1. The highest BCUT2D eigenvalue weighted by atomic mass is 16.5. The Bertz CT molecular complexity index is 597. The summed E-state index contributed by atoms with van der Waals surface area (Å²) in [6, 6.07) is 1.79. The summed E-state index contributed by atoms with van der Waals surface area (Å²) in [6.45, 7) is 11.6. The number of nitrogen functional groups attached to an aromatic ring is 1. The van der Waals surface area contributed by atoms with Crippen molar-refractivity contribution in [1.82, 2.24) is 14.9 Å². The molecule has 1 aliphatic rings. The largest absolute Gasteiger partial charge is 0.475 e. The van der Waals surface area contributed by atoms with E-state index in [0.717, 1.165) is 13.1 Å². The maximum absolute atomic E-state index is 12.2. The van der Waals surface area contributed by atoms with Crippen molar-refractivity contribution in [3.63, 3.8) is 0 Å². The van der Waals surface area contributed by atoms with Gasteiger partial charge in [-0.15, -0.1) is 0 Å². The molecule has 0 spiro atoms. The molecule has 0 saturated carbocycles. The smallest absolute Gasteiger partial charge is 0.225 e. The van der Waals surface area contributed by atoms with Gasteiger partial charge in [0.1, 0.15) is 5.82 Å². The summed E-state index contributed by atoms with van der Waals surface area (Å²) < 4.78 is 5.61. The Kier molecular flexibility index (Phi) is 5.20. The number of ether oxygens (including phenoxy) is 1. The minimum Gasteiger partial charge on any atom is -0.475 e. The topological polar surface area (TPSA) is 84.6 Å². The molecule has 0 aliphatic carbocycles. The minimum atomic E-state index is -0.137. The minimum absolute atomic E-state index is 0.0188. The van der Waals surface area contributed by atoms with Crippen molar-refractivity contribution < 1.29 is 9.53 Å². The first-order valence-electron chi connectivity index (χ1n) is 8.39. The third kappa shape index (κ3) is 4.49. The average molecular weight is 335 g/mol. The van der Waals surface area contributed by atoms with Crippen LogP contribution in [-0.2, 0) is 4.79 Å². The second-order valence-corrected chi connectivity index (χ2v) is 7.72. The zero-order valence-electron chi connectivity index (χ0n) is 15.5. The normalized spacial score (nSPS) is 18.4. The first kappa shape index (κ1) is 18.3. The molecule has 1 fully saturated rings. The van der Waals surface area contributed by atoms with Gasteiger partial charge >= 0.3 is 0 Å². The number of likely N-dealkylation sites (tertiary alicyclic amines) is 1. The van der Waals surface area contributed by atoms with Crippen molar-refractivity contribution in [1.29, 1.82) is 0 Å². The van der Waals surface area contributed by atoms with Crippen LogP contribution in [0.25, 0.3) is 0 Å². The first-order chi connectivity index (χ1) is 11.1. The summed E-state index contributed by atoms with van der Waals surface area (Å²) in [4.78, 5) is 24.6. The molecule has 2 rings (SSSR count). The molecule has 1 atom stereocenters. The molecule has 7 heteroatoms. The van der Waals surface area contributed by atoms with Gasteiger partial charge in [-0.2, -0.15) is 9.97 Å². The molecule has 24 heavy (non-hydrogen) atoms. The van der Waals surface area contributed by atoms with E-state index < -0.39 is 0 Å². The summed E-state index contributed by atoms with van der Waals surface area (Å²) in [5.41, 5.74) is 5.65. The van der Waals surface area contributed by atoms with Gasteiger partial charge in [-0.25, -0.2) is 0 Å². The van der Waals surface area contributed by atoms with Crippen molar-refractivity contribution in [3.8, 4) is 5.88 Å². The van der Waals surface area contributed by atoms with E-state index in [2.05, 4.69) is 30.7 Å². The van der Waals surface area contributed by atoms with Gasteiger partial charge in [0.15, 0.2) is 0 Å². The molecule has 1 amide bonds. The lowest BCUT2D eigenvalue weighted by atomic mass is 10.1. The maximum Gasteiger partial charge on any atom is 0.225 e. The number of anilines is 2. The van der Waals surface area contributed by atoms with Crippen LogP contribution in [0, 0.1) is 5.92 Å². The summed E-state index contributed by atoms with van der Waals surface area (Å²) in [5.74, 6) is 1.85. The number of aromatic nitrogens is 2. The van der Waals surface area contributed by atoms with Crippen LogP contribution < -0.4 is 15.4 Å². The molecule has 2 N–H and O–H groups in total. The molecule has 0 bridgehead atoms. The molecule has 1 aliphatic heterocycles. The van der Waals surface area contributed by atoms with Gasteiger partial charge in [-0.1, -0.05) is 0 Å². The first-order valence-corrected chi connectivity index (χ1v) is 8.39. The fourth-order valence-corrected chi connectivity index (χ4v) is 2.96. The van der Waals surface area contributed by atoms with Crippen LogP contribution in [0.3, 0.4) is 0 Å². The van der Waals surface area contributed by atoms with Crippen molar-refractivity contribution in [3.05, 3.63) is 6.07 Å². The van der Waals surface area contributed by atoms with Gasteiger partial charge in [-0.05, 0) is 34.6 Å². The van der Waals surface area contributed by atoms with E-state index in [0.29, 0.717) is 18.1 Å². The van der Waals surface area contributed by atoms with Crippen LogP contribution in [0.4, 0.5) is 11.8 Å². The lowest BCUT2D eigenvalue weighted by Crippen LogP contribution is -2.42. The van der Waals surface area contributed by atoms with Crippen molar-refractivity contribution in [2.24, 2.45) is 5.92 Å². The molecule has 1 saturated heterocycles. The lowest BCUT2D eigenvalue weighted by Gasteiger charge is -2.32. The number of nitrogens with zero attached hydrogens (tertiary/aromatic N) is 4. The summed E-state index contributed by atoms with van der Waals surface area (Å²) >= 11 is 0. The standard InChI is InChI=1S/C17H29N5O2/c1-11(2)24-14-8-13(19-16(18)20-14)21(6)9-12-7-15(23)22(10-12)17(3,4)5/h8,11-12H,7,9-10H2,1-6H3,(H2,18,19,20)/t12-/m0/s1. The average Bonchev–Trinajstić information content (AvgIpc) is 2.78. The van der Waals surface area contributed by atoms with Gasteiger partial charge in [0.2, 0.25) is 17.7 Å². The molecular weight excluding hydrogens is 306 g/mol. The fraction of sp³-hybridized carbons (Fsp3) is 0.706. The molecular formula is C17H29N5O2. The van der Waals surface area contributed by atoms with E-state index in [4.69, 9.17) is 10.5 Å². The molecule has 7 nitrogen and oxygen atoms in total. The number of hydrogen-bond donors (Lipinski definition) is 1. The monoisotopic (exact) mass is 335 g/mol. The second kappa shape index (κ2) is 6.83. The van der Waals surface area contributed by atoms with E-state index in [1.807, 2.05) is 30.7 Å². The number of rotatable bonds is 5. The maximum atomic E-state index is 12.2. The number of carbonyl (C=O) groups excluding carboxylic acids is 1. The van der Waals surface area contributed by atoms with Crippen molar-refractivity contribution in [2.45, 2.75) is 52.7 Å². The Labute approximate surface area is 144 Å². The molecule has 0 aromatic carbocycles. The van der Waals surface area contributed by atoms with Crippen LogP contribution in [0.1, 0.15) is 41.0 Å². The summed E-state index contributed by atoms with van der Waals surface area (Å²) in [6.07, 6.45) is 0.586. The van der Waals surface area contributed by atoms with Crippen molar-refractivity contribution in [2.75, 3.05) is 30.8 Å². The predicted molar refractivity (Wildman–Crippen MR) is 95.1 cm³/mol. The van der Waals surface area contributed by atoms with Gasteiger partial charge in [0, 0.05) is 44.1 Å². The lowest BCUT2D eigenvalue weighted by molar-refractivity contribution is -0.131. The molecule has 0 unspecified atom stereocenters. The number of hydrogen-bond acceptors (Lipinski definition) is 6. The van der Waals surface area contributed by atoms with E-state index in [1.54, 1.807) is 6.07 Å². The van der Waals surface area contributed by atoms with Crippen LogP contribution >= 0.6 is 0 Å². The summed E-state index contributed by atoms with van der Waals surface area (Å²) in [5, 5.41) is 0. The van der Waals surface area contributed by atoms with E-state index in [1.165, 1.54) is 0 Å². The van der Waals surface area contributed by atoms with Crippen molar-refractivity contribution >= 4 is 17.7 Å². The second-order valence-electron chi connectivity index (χ2n) is 7.72. The van der Waals surface area contributed by atoms with E-state index >= 15 is 0 Å². The Morgan fingerprint density at radius 3 is 2.62 bits per heavy atom. The highest BCUT2D eigenvalue weighted by Gasteiger charge is 2.36. The highest BCUT2D eigenvalue weighted by molar-refractivity contribution is 5.79. The molecule has 0 radical (unpaired) electrons. The quantitative estimate of drug-likeness (QED) is 0.885. The molecule has 134 valence electrons. The highest BCUT2D eigenvalue weighted by Crippen LogP contribution is 2.27. The fourth-order valence-electron chi connectivity index (χ4n) is 2.96. The van der Waals surface area contributed by atoms with Crippen LogP contribution in [0.2, 0.25) is 0 Å². The van der Waals surface area contributed by atoms with Gasteiger partial charge < -0.3 is 20.3 Å². The number of amides is 1. The molecule has 1 aromatic rings. The Morgan fingerprint density at radius 1 is 1.42 bits per heavy atom. The van der Waals surface area contributed by atoms with E-state index in [-0.39, 0.29) is 29.4 Å². The van der Waals surface area contributed by atoms with Gasteiger partial charge in [0.25, 0.3) is 0 Å². The van der Waals surface area contributed by atoms with Crippen LogP contribution in [0.5, 0.6) is 5.88 Å². The van der Waals surface area contributed by atoms with E-state index in [9.17, 15) is 4.79 Å². The number of carbonyl (C=O) groups is 1. The van der Waals surface area contributed by atoms with Gasteiger partial charge in [-0.3, -0.25) is 4.79 Å². The van der Waals surface area contributed by atoms with Crippen LogP contribution in [-0.4, -0.2) is 52.6 Å². The zero-order valence-corrected chi connectivity index (χ0v) is 15.5. The zero-order chi connectivity index (χ0) is 18.1. The third-order valence-corrected chi connectivity index (χ3v) is 4.00. The third-order valence-electron chi connectivity index (χ3n) is 4.00. The number of nitrogens with two attached hydrogens (primary N) is 1. The molecule has 2 heterocycles.